The number of aromatic nitrogens is 2. The van der Waals surface area contributed by atoms with E-state index in [1.807, 2.05) is 56.3 Å². The lowest BCUT2D eigenvalue weighted by molar-refractivity contribution is 0.0436. The topological polar surface area (TPSA) is 78.4 Å². The molecule has 0 N–H and O–H groups in total. The Bertz CT molecular complexity index is 1080. The van der Waals surface area contributed by atoms with Gasteiger partial charge in [0.2, 0.25) is 5.89 Å². The second kappa shape index (κ2) is 7.90. The number of nitrogens with zero attached hydrogens (tertiary/aromatic N) is 2. The first-order valence-electron chi connectivity index (χ1n) is 8.77. The van der Waals surface area contributed by atoms with Crippen molar-refractivity contribution in [1.82, 2.24) is 10.1 Å². The Balaban J connectivity index is 1.45. The standard InChI is InChI=1S/C21H18N2O4S/c1-13-16(14(2)27-23-13)12-28-19-10-6-3-7-15(19)21(24)25-11-20-22-17-8-4-5-9-18(17)26-20/h3-10H,11-12H2,1-2H3. The third-order valence-electron chi connectivity index (χ3n) is 4.33. The number of thioether (sulfide) groups is 1. The summed E-state index contributed by atoms with van der Waals surface area (Å²) in [5.41, 5.74) is 3.82. The van der Waals surface area contributed by atoms with Crippen molar-refractivity contribution in [2.45, 2.75) is 31.1 Å². The van der Waals surface area contributed by atoms with Gasteiger partial charge < -0.3 is 13.7 Å². The molecule has 142 valence electrons. The zero-order valence-electron chi connectivity index (χ0n) is 15.5. The Morgan fingerprint density at radius 2 is 1.89 bits per heavy atom. The Hall–Kier alpha value is -3.06. The summed E-state index contributed by atoms with van der Waals surface area (Å²) in [5, 5.41) is 3.97. The van der Waals surface area contributed by atoms with Crippen LogP contribution in [0.3, 0.4) is 0 Å². The number of para-hydroxylation sites is 2. The summed E-state index contributed by atoms with van der Waals surface area (Å²) in [6.07, 6.45) is 0. The monoisotopic (exact) mass is 394 g/mol. The van der Waals surface area contributed by atoms with Crippen LogP contribution in [0, 0.1) is 13.8 Å². The van der Waals surface area contributed by atoms with E-state index in [1.165, 1.54) is 0 Å². The Labute approximate surface area is 165 Å². The summed E-state index contributed by atoms with van der Waals surface area (Å²) in [6.45, 7) is 3.78. The number of ether oxygens (including phenoxy) is 1. The van der Waals surface area contributed by atoms with Crippen LogP contribution in [-0.4, -0.2) is 16.1 Å². The third-order valence-corrected chi connectivity index (χ3v) is 5.43. The molecule has 0 aliphatic rings. The maximum atomic E-state index is 12.6. The fourth-order valence-corrected chi connectivity index (χ4v) is 4.00. The number of fused-ring (bicyclic) bond motifs is 1. The Kier molecular flexibility index (Phi) is 5.16. The molecule has 2 aromatic heterocycles. The number of benzene rings is 2. The molecule has 0 unspecified atom stereocenters. The van der Waals surface area contributed by atoms with Crippen LogP contribution >= 0.6 is 11.8 Å². The summed E-state index contributed by atoms with van der Waals surface area (Å²) in [6, 6.07) is 14.8. The van der Waals surface area contributed by atoms with Crippen LogP contribution in [0.25, 0.3) is 11.1 Å². The van der Waals surface area contributed by atoms with Crippen LogP contribution in [0.2, 0.25) is 0 Å². The van der Waals surface area contributed by atoms with Crippen molar-refractivity contribution in [3.05, 3.63) is 77.0 Å². The number of hydrogen-bond acceptors (Lipinski definition) is 7. The highest BCUT2D eigenvalue weighted by Crippen LogP contribution is 2.29. The number of carbonyl (C=O) groups excluding carboxylic acids is 1. The van der Waals surface area contributed by atoms with E-state index >= 15 is 0 Å². The lowest BCUT2D eigenvalue weighted by Gasteiger charge is -2.08. The van der Waals surface area contributed by atoms with E-state index in [4.69, 9.17) is 13.7 Å². The highest BCUT2D eigenvalue weighted by atomic mass is 32.2. The van der Waals surface area contributed by atoms with Crippen molar-refractivity contribution in [1.29, 1.82) is 0 Å². The van der Waals surface area contributed by atoms with E-state index < -0.39 is 5.97 Å². The van der Waals surface area contributed by atoms with E-state index in [-0.39, 0.29) is 6.61 Å². The maximum Gasteiger partial charge on any atom is 0.339 e. The fourth-order valence-electron chi connectivity index (χ4n) is 2.81. The van der Waals surface area contributed by atoms with Gasteiger partial charge >= 0.3 is 5.97 Å². The highest BCUT2D eigenvalue weighted by molar-refractivity contribution is 7.98. The van der Waals surface area contributed by atoms with Crippen LogP contribution < -0.4 is 0 Å². The molecule has 0 bridgehead atoms. The molecule has 0 aliphatic heterocycles. The molecule has 0 atom stereocenters. The summed E-state index contributed by atoms with van der Waals surface area (Å²) in [5.74, 6) is 1.41. The highest BCUT2D eigenvalue weighted by Gasteiger charge is 2.16. The molecule has 0 fully saturated rings. The first kappa shape index (κ1) is 18.3. The van der Waals surface area contributed by atoms with Crippen LogP contribution in [0.5, 0.6) is 0 Å². The zero-order valence-corrected chi connectivity index (χ0v) is 16.3. The smallest absolute Gasteiger partial charge is 0.339 e. The molecular formula is C21H18N2O4S. The summed E-state index contributed by atoms with van der Waals surface area (Å²) in [7, 11) is 0. The van der Waals surface area contributed by atoms with Crippen molar-refractivity contribution in [3.63, 3.8) is 0 Å². The average Bonchev–Trinajstić information content (AvgIpc) is 3.27. The van der Waals surface area contributed by atoms with Gasteiger partial charge in [0.15, 0.2) is 12.2 Å². The van der Waals surface area contributed by atoms with Gasteiger partial charge in [-0.2, -0.15) is 0 Å². The van der Waals surface area contributed by atoms with Gasteiger partial charge in [-0.25, -0.2) is 9.78 Å². The minimum Gasteiger partial charge on any atom is -0.452 e. The second-order valence-electron chi connectivity index (χ2n) is 6.24. The van der Waals surface area contributed by atoms with Gasteiger partial charge in [0.1, 0.15) is 11.3 Å². The number of esters is 1. The Morgan fingerprint density at radius 1 is 1.11 bits per heavy atom. The lowest BCUT2D eigenvalue weighted by Crippen LogP contribution is -2.07. The minimum atomic E-state index is -0.413. The normalized spacial score (nSPS) is 11.1. The molecule has 28 heavy (non-hydrogen) atoms. The Morgan fingerprint density at radius 3 is 2.68 bits per heavy atom. The quantitative estimate of drug-likeness (QED) is 0.333. The molecule has 2 heterocycles. The molecule has 4 rings (SSSR count). The molecular weight excluding hydrogens is 376 g/mol. The number of carbonyl (C=O) groups is 1. The van der Waals surface area contributed by atoms with Crippen molar-refractivity contribution in [2.24, 2.45) is 0 Å². The van der Waals surface area contributed by atoms with Gasteiger partial charge in [-0.15, -0.1) is 11.8 Å². The predicted octanol–water partition coefficient (Wildman–Crippen LogP) is 5.08. The van der Waals surface area contributed by atoms with Crippen LogP contribution in [0.4, 0.5) is 0 Å². The van der Waals surface area contributed by atoms with E-state index in [2.05, 4.69) is 10.1 Å². The van der Waals surface area contributed by atoms with Crippen molar-refractivity contribution < 1.29 is 18.5 Å². The minimum absolute atomic E-state index is 0.0175. The maximum absolute atomic E-state index is 12.6. The molecule has 4 aromatic rings. The molecule has 0 amide bonds. The van der Waals surface area contributed by atoms with E-state index in [1.54, 1.807) is 17.8 Å². The van der Waals surface area contributed by atoms with Crippen LogP contribution in [0.1, 0.15) is 33.3 Å². The van der Waals surface area contributed by atoms with Crippen molar-refractivity contribution >= 4 is 28.8 Å². The molecule has 2 aromatic carbocycles. The van der Waals surface area contributed by atoms with E-state index in [0.717, 1.165) is 27.4 Å². The van der Waals surface area contributed by atoms with E-state index in [9.17, 15) is 4.79 Å². The van der Waals surface area contributed by atoms with Crippen molar-refractivity contribution in [3.8, 4) is 0 Å². The van der Waals surface area contributed by atoms with Crippen LogP contribution in [-0.2, 0) is 17.1 Å². The number of aryl methyl sites for hydroxylation is 2. The van der Waals surface area contributed by atoms with Gasteiger partial charge in [-0.3, -0.25) is 0 Å². The first-order chi connectivity index (χ1) is 13.6. The average molecular weight is 394 g/mol. The SMILES string of the molecule is Cc1noc(C)c1CSc1ccccc1C(=O)OCc1nc2ccccc2o1. The summed E-state index contributed by atoms with van der Waals surface area (Å²) in [4.78, 5) is 17.8. The molecule has 6 nitrogen and oxygen atoms in total. The predicted molar refractivity (Wildman–Crippen MR) is 105 cm³/mol. The molecule has 0 saturated heterocycles. The van der Waals surface area contributed by atoms with Crippen molar-refractivity contribution in [2.75, 3.05) is 0 Å². The van der Waals surface area contributed by atoms with Gasteiger partial charge in [0, 0.05) is 16.2 Å². The second-order valence-corrected chi connectivity index (χ2v) is 7.26. The van der Waals surface area contributed by atoms with Gasteiger partial charge in [0.05, 0.1) is 11.3 Å². The molecule has 0 spiro atoms. The van der Waals surface area contributed by atoms with Gasteiger partial charge in [-0.1, -0.05) is 29.4 Å². The number of hydrogen-bond donors (Lipinski definition) is 0. The molecule has 0 radical (unpaired) electrons. The van der Waals surface area contributed by atoms with Crippen LogP contribution in [0.15, 0.2) is 62.4 Å². The summed E-state index contributed by atoms with van der Waals surface area (Å²) < 4.78 is 16.2. The fraction of sp³-hybridized carbons (Fsp3) is 0.190. The van der Waals surface area contributed by atoms with E-state index in [0.29, 0.717) is 22.8 Å². The zero-order chi connectivity index (χ0) is 19.5. The number of rotatable bonds is 6. The van der Waals surface area contributed by atoms with Gasteiger partial charge in [0.25, 0.3) is 0 Å². The lowest BCUT2D eigenvalue weighted by atomic mass is 10.2. The molecule has 0 aliphatic carbocycles. The number of oxazole rings is 1. The third kappa shape index (κ3) is 3.80. The molecule has 7 heteroatoms. The first-order valence-corrected chi connectivity index (χ1v) is 9.75. The molecule has 0 saturated carbocycles. The van der Waals surface area contributed by atoms with Gasteiger partial charge in [-0.05, 0) is 38.1 Å². The largest absolute Gasteiger partial charge is 0.452 e. The summed E-state index contributed by atoms with van der Waals surface area (Å²) >= 11 is 1.55.